The molecule has 2 N–H and O–H groups in total. The van der Waals surface area contributed by atoms with Crippen molar-refractivity contribution < 1.29 is 14.3 Å². The Balaban J connectivity index is 2.40. The minimum Gasteiger partial charge on any atom is -0.465 e. The molecule has 0 heterocycles. The van der Waals surface area contributed by atoms with E-state index in [2.05, 4.69) is 0 Å². The van der Waals surface area contributed by atoms with Crippen LogP contribution in [0.1, 0.15) is 27.6 Å². The lowest BCUT2D eigenvalue weighted by molar-refractivity contribution is 0.0601. The molecule has 0 radical (unpaired) electrons. The summed E-state index contributed by atoms with van der Waals surface area (Å²) in [7, 11) is 1.29. The number of anilines is 2. The first kappa shape index (κ1) is 15.6. The molecule has 0 aliphatic rings. The van der Waals surface area contributed by atoms with Gasteiger partial charge >= 0.3 is 5.97 Å². The number of ether oxygens (including phenoxy) is 1. The van der Waals surface area contributed by atoms with Crippen molar-refractivity contribution in [2.75, 3.05) is 24.3 Å². The second-order valence-electron chi connectivity index (χ2n) is 4.68. The third kappa shape index (κ3) is 3.09. The van der Waals surface area contributed by atoms with E-state index in [1.165, 1.54) is 7.11 Å². The molecule has 0 spiro atoms. The fourth-order valence-electron chi connectivity index (χ4n) is 2.18. The van der Waals surface area contributed by atoms with Gasteiger partial charge in [-0.1, -0.05) is 18.2 Å². The van der Waals surface area contributed by atoms with E-state index in [0.717, 1.165) is 0 Å². The Labute approximate surface area is 129 Å². The van der Waals surface area contributed by atoms with Crippen LogP contribution in [-0.4, -0.2) is 25.5 Å². The van der Waals surface area contributed by atoms with E-state index in [4.69, 9.17) is 10.5 Å². The second-order valence-corrected chi connectivity index (χ2v) is 4.68. The van der Waals surface area contributed by atoms with Crippen molar-refractivity contribution in [2.45, 2.75) is 6.92 Å². The van der Waals surface area contributed by atoms with Crippen LogP contribution in [0.2, 0.25) is 0 Å². The maximum atomic E-state index is 12.6. The molecule has 0 aliphatic carbocycles. The van der Waals surface area contributed by atoms with Crippen molar-refractivity contribution in [3.8, 4) is 0 Å². The van der Waals surface area contributed by atoms with Crippen LogP contribution in [0.4, 0.5) is 11.4 Å². The van der Waals surface area contributed by atoms with Crippen LogP contribution in [0.25, 0.3) is 0 Å². The molecule has 0 saturated heterocycles. The zero-order chi connectivity index (χ0) is 16.1. The van der Waals surface area contributed by atoms with Gasteiger partial charge in [-0.15, -0.1) is 0 Å². The Hall–Kier alpha value is -2.82. The number of hydrogen-bond acceptors (Lipinski definition) is 4. The molecule has 1 amide bonds. The highest BCUT2D eigenvalue weighted by atomic mass is 16.5. The fourth-order valence-corrected chi connectivity index (χ4v) is 2.18. The third-order valence-corrected chi connectivity index (χ3v) is 3.34. The molecule has 0 saturated carbocycles. The molecule has 0 atom stereocenters. The maximum absolute atomic E-state index is 12.6. The first-order valence-corrected chi connectivity index (χ1v) is 6.93. The van der Waals surface area contributed by atoms with Crippen molar-refractivity contribution in [3.05, 3.63) is 59.7 Å². The Bertz CT molecular complexity index is 684. The average Bonchev–Trinajstić information content (AvgIpc) is 2.56. The number of amides is 1. The van der Waals surface area contributed by atoms with Gasteiger partial charge in [0.05, 0.1) is 12.7 Å². The van der Waals surface area contributed by atoms with E-state index < -0.39 is 5.97 Å². The van der Waals surface area contributed by atoms with Crippen LogP contribution >= 0.6 is 0 Å². The van der Waals surface area contributed by atoms with Crippen LogP contribution < -0.4 is 10.6 Å². The number of benzene rings is 2. The van der Waals surface area contributed by atoms with Crippen molar-refractivity contribution in [1.29, 1.82) is 0 Å². The number of hydrogen-bond donors (Lipinski definition) is 1. The van der Waals surface area contributed by atoms with E-state index in [1.54, 1.807) is 35.2 Å². The van der Waals surface area contributed by atoms with Gasteiger partial charge in [-0.2, -0.15) is 0 Å². The quantitative estimate of drug-likeness (QED) is 0.696. The van der Waals surface area contributed by atoms with Gasteiger partial charge in [0.15, 0.2) is 0 Å². The van der Waals surface area contributed by atoms with Crippen LogP contribution in [0.3, 0.4) is 0 Å². The summed E-state index contributed by atoms with van der Waals surface area (Å²) in [5.41, 5.74) is 7.54. The Kier molecular flexibility index (Phi) is 4.78. The van der Waals surface area contributed by atoms with E-state index in [1.807, 2.05) is 25.1 Å². The van der Waals surface area contributed by atoms with E-state index in [9.17, 15) is 9.59 Å². The second kappa shape index (κ2) is 6.76. The summed E-state index contributed by atoms with van der Waals surface area (Å²) in [6.07, 6.45) is 0. The summed E-state index contributed by atoms with van der Waals surface area (Å²) in [5, 5.41) is 0. The number of nitrogen functional groups attached to an aromatic ring is 1. The van der Waals surface area contributed by atoms with Crippen molar-refractivity contribution in [2.24, 2.45) is 0 Å². The summed E-state index contributed by atoms with van der Waals surface area (Å²) >= 11 is 0. The van der Waals surface area contributed by atoms with E-state index in [0.29, 0.717) is 23.5 Å². The Morgan fingerprint density at radius 1 is 1.14 bits per heavy atom. The molecule has 0 bridgehead atoms. The Morgan fingerprint density at radius 2 is 1.82 bits per heavy atom. The molecule has 2 aromatic rings. The number of nitrogens with two attached hydrogens (primary N) is 1. The van der Waals surface area contributed by atoms with Gasteiger partial charge in [0.1, 0.15) is 0 Å². The molecule has 5 heteroatoms. The smallest absolute Gasteiger partial charge is 0.340 e. The fraction of sp³-hybridized carbons (Fsp3) is 0.176. The largest absolute Gasteiger partial charge is 0.465 e. The van der Waals surface area contributed by atoms with E-state index >= 15 is 0 Å². The van der Waals surface area contributed by atoms with Gasteiger partial charge in [-0.05, 0) is 37.3 Å². The van der Waals surface area contributed by atoms with Gasteiger partial charge in [0.2, 0.25) is 0 Å². The molecule has 0 fully saturated rings. The minimum atomic E-state index is -0.525. The molecular formula is C17H18N2O3. The summed E-state index contributed by atoms with van der Waals surface area (Å²) in [4.78, 5) is 25.9. The van der Waals surface area contributed by atoms with Crippen LogP contribution in [-0.2, 0) is 4.74 Å². The van der Waals surface area contributed by atoms with Gasteiger partial charge in [0.25, 0.3) is 5.91 Å². The summed E-state index contributed by atoms with van der Waals surface area (Å²) in [5.74, 6) is -0.661. The number of esters is 1. The highest BCUT2D eigenvalue weighted by Gasteiger charge is 2.18. The number of rotatable bonds is 4. The lowest BCUT2D eigenvalue weighted by Gasteiger charge is -2.22. The normalized spacial score (nSPS) is 10.1. The molecular weight excluding hydrogens is 280 g/mol. The predicted octanol–water partition coefficient (Wildman–Crippen LogP) is 2.72. The maximum Gasteiger partial charge on any atom is 0.340 e. The summed E-state index contributed by atoms with van der Waals surface area (Å²) in [6.45, 7) is 2.34. The van der Waals surface area contributed by atoms with Crippen LogP contribution in [0.5, 0.6) is 0 Å². The molecule has 0 unspecified atom stereocenters. The van der Waals surface area contributed by atoms with Crippen molar-refractivity contribution in [3.63, 3.8) is 0 Å². The minimum absolute atomic E-state index is 0.135. The molecule has 0 aliphatic heterocycles. The number of carbonyl (C=O) groups is 2. The van der Waals surface area contributed by atoms with E-state index in [-0.39, 0.29) is 11.5 Å². The topological polar surface area (TPSA) is 72.6 Å². The van der Waals surface area contributed by atoms with Gasteiger partial charge in [-0.25, -0.2) is 4.79 Å². The monoisotopic (exact) mass is 298 g/mol. The molecule has 22 heavy (non-hydrogen) atoms. The van der Waals surface area contributed by atoms with Gasteiger partial charge in [-0.3, -0.25) is 4.79 Å². The van der Waals surface area contributed by atoms with Crippen LogP contribution in [0.15, 0.2) is 48.5 Å². The highest BCUT2D eigenvalue weighted by Crippen LogP contribution is 2.23. The number of nitrogens with zero attached hydrogens (tertiary/aromatic N) is 1. The van der Waals surface area contributed by atoms with Gasteiger partial charge in [0, 0.05) is 23.5 Å². The SMILES string of the molecule is CCN(C(=O)c1ccccc1)c1ccc(N)c(C(=O)OC)c1. The lowest BCUT2D eigenvalue weighted by Crippen LogP contribution is -2.30. The summed E-state index contributed by atoms with van der Waals surface area (Å²) in [6, 6.07) is 13.9. The summed E-state index contributed by atoms with van der Waals surface area (Å²) < 4.78 is 4.71. The molecule has 2 aromatic carbocycles. The van der Waals surface area contributed by atoms with Gasteiger partial charge < -0.3 is 15.4 Å². The lowest BCUT2D eigenvalue weighted by atomic mass is 10.1. The third-order valence-electron chi connectivity index (χ3n) is 3.34. The predicted molar refractivity (Wildman–Crippen MR) is 86.0 cm³/mol. The van der Waals surface area contributed by atoms with Crippen molar-refractivity contribution in [1.82, 2.24) is 0 Å². The van der Waals surface area contributed by atoms with Crippen LogP contribution in [0, 0.1) is 0 Å². The molecule has 2 rings (SSSR count). The number of carbonyl (C=O) groups excluding carboxylic acids is 2. The average molecular weight is 298 g/mol. The first-order valence-electron chi connectivity index (χ1n) is 6.93. The number of methoxy groups -OCH3 is 1. The van der Waals surface area contributed by atoms with Crippen molar-refractivity contribution >= 4 is 23.3 Å². The zero-order valence-corrected chi connectivity index (χ0v) is 12.6. The Morgan fingerprint density at radius 3 is 2.41 bits per heavy atom. The molecule has 0 aromatic heterocycles. The highest BCUT2D eigenvalue weighted by molar-refractivity contribution is 6.07. The molecule has 114 valence electrons. The first-order chi connectivity index (χ1) is 10.6. The molecule has 5 nitrogen and oxygen atoms in total. The standard InChI is InChI=1S/C17H18N2O3/c1-3-19(16(20)12-7-5-4-6-8-12)13-9-10-15(18)14(11-13)17(21)22-2/h4-11H,3,18H2,1-2H3. The zero-order valence-electron chi connectivity index (χ0n) is 12.6.